The first kappa shape index (κ1) is 19.2. The van der Waals surface area contributed by atoms with E-state index in [4.69, 9.17) is 31.5 Å². The maximum absolute atomic E-state index is 13.3. The number of carbonyl (C=O) groups is 1. The Morgan fingerprint density at radius 3 is 2.96 bits per heavy atom. The Bertz CT molecular complexity index is 956. The molecule has 9 heteroatoms. The third-order valence-corrected chi connectivity index (χ3v) is 5.37. The number of rotatable bonds is 5. The van der Waals surface area contributed by atoms with Crippen LogP contribution in [-0.2, 0) is 14.2 Å². The Morgan fingerprint density at radius 2 is 2.25 bits per heavy atom. The number of amides is 1. The number of nitrogens with zero attached hydrogens (tertiary/aromatic N) is 2. The van der Waals surface area contributed by atoms with E-state index in [-0.39, 0.29) is 24.0 Å². The average molecular weight is 408 g/mol. The molecule has 4 rings (SSSR count). The average Bonchev–Trinajstić information content (AvgIpc) is 3.40. The zero-order valence-electron chi connectivity index (χ0n) is 15.5. The summed E-state index contributed by atoms with van der Waals surface area (Å²) in [4.78, 5) is 29.0. The van der Waals surface area contributed by atoms with Crippen LogP contribution in [0.25, 0.3) is 10.9 Å². The predicted octanol–water partition coefficient (Wildman–Crippen LogP) is 3.06. The van der Waals surface area contributed by atoms with Crippen molar-refractivity contribution in [2.45, 2.75) is 57.1 Å². The first-order valence-electron chi connectivity index (χ1n) is 9.39. The van der Waals surface area contributed by atoms with Crippen LogP contribution in [-0.4, -0.2) is 34.6 Å². The first-order chi connectivity index (χ1) is 13.5. The smallest absolute Gasteiger partial charge is 0.405 e. The van der Waals surface area contributed by atoms with Crippen molar-refractivity contribution in [1.82, 2.24) is 9.55 Å². The molecule has 0 spiro atoms. The zero-order valence-corrected chi connectivity index (χ0v) is 16.2. The summed E-state index contributed by atoms with van der Waals surface area (Å²) in [5.74, 6) is 0.319. The number of hydrogen-bond acceptors (Lipinski definition) is 6. The van der Waals surface area contributed by atoms with Gasteiger partial charge in [-0.3, -0.25) is 9.36 Å². The highest BCUT2D eigenvalue weighted by atomic mass is 35.5. The molecule has 1 aliphatic carbocycles. The second-order valence-electron chi connectivity index (χ2n) is 7.13. The van der Waals surface area contributed by atoms with Gasteiger partial charge in [0.05, 0.1) is 28.1 Å². The van der Waals surface area contributed by atoms with E-state index >= 15 is 0 Å². The van der Waals surface area contributed by atoms with Crippen molar-refractivity contribution in [2.75, 3.05) is 6.61 Å². The lowest BCUT2D eigenvalue weighted by Gasteiger charge is -2.23. The summed E-state index contributed by atoms with van der Waals surface area (Å²) in [6, 6.07) is 4.84. The number of benzene rings is 1. The molecule has 150 valence electrons. The van der Waals surface area contributed by atoms with Crippen LogP contribution in [0, 0.1) is 0 Å². The van der Waals surface area contributed by atoms with E-state index < -0.39 is 12.2 Å². The van der Waals surface area contributed by atoms with Crippen molar-refractivity contribution < 1.29 is 19.0 Å². The van der Waals surface area contributed by atoms with Crippen molar-refractivity contribution in [1.29, 1.82) is 0 Å². The Kier molecular flexibility index (Phi) is 5.27. The van der Waals surface area contributed by atoms with Crippen LogP contribution in [0.5, 0.6) is 0 Å². The van der Waals surface area contributed by atoms with Gasteiger partial charge in [0.1, 0.15) is 0 Å². The molecule has 2 aromatic rings. The van der Waals surface area contributed by atoms with E-state index in [2.05, 4.69) is 4.98 Å². The summed E-state index contributed by atoms with van der Waals surface area (Å²) in [6.45, 7) is 2.31. The first-order valence-corrected chi connectivity index (χ1v) is 9.77. The molecule has 3 unspecified atom stereocenters. The molecule has 1 aliphatic heterocycles. The lowest BCUT2D eigenvalue weighted by atomic mass is 10.2. The van der Waals surface area contributed by atoms with Gasteiger partial charge in [0.2, 0.25) is 0 Å². The van der Waals surface area contributed by atoms with Crippen LogP contribution in [0.2, 0.25) is 5.02 Å². The zero-order chi connectivity index (χ0) is 19.8. The van der Waals surface area contributed by atoms with Gasteiger partial charge in [-0.2, -0.15) is 0 Å². The monoisotopic (exact) mass is 407 g/mol. The fourth-order valence-electron chi connectivity index (χ4n) is 3.64. The van der Waals surface area contributed by atoms with Gasteiger partial charge in [0, 0.05) is 6.61 Å². The second-order valence-corrected chi connectivity index (χ2v) is 7.54. The Balaban J connectivity index is 1.71. The standard InChI is InChI=1S/C19H22ClN3O5/c1-10(27-19(21)25)17-22-12-6-4-5-11(20)16(12)18(24)23(17)13-9-14(13)28-15-7-2-3-8-26-15/h4-6,10,13-15H,2-3,7-9H2,1H3,(H2,21,25)/t10-,13?,14?,15?/m0/s1. The number of hydrogen-bond donors (Lipinski definition) is 1. The molecule has 1 saturated heterocycles. The molecule has 4 atom stereocenters. The minimum Gasteiger partial charge on any atom is -0.439 e. The van der Waals surface area contributed by atoms with E-state index in [1.165, 1.54) is 4.57 Å². The number of primary amides is 1. The summed E-state index contributed by atoms with van der Waals surface area (Å²) < 4.78 is 18.3. The fraction of sp³-hybridized carbons (Fsp3) is 0.526. The molecule has 2 aliphatic rings. The van der Waals surface area contributed by atoms with Crippen molar-refractivity contribution in [3.63, 3.8) is 0 Å². The van der Waals surface area contributed by atoms with Gasteiger partial charge in [-0.25, -0.2) is 9.78 Å². The molecule has 28 heavy (non-hydrogen) atoms. The highest BCUT2D eigenvalue weighted by Crippen LogP contribution is 2.41. The lowest BCUT2D eigenvalue weighted by molar-refractivity contribution is -0.170. The summed E-state index contributed by atoms with van der Waals surface area (Å²) >= 11 is 6.26. The second kappa shape index (κ2) is 7.69. The van der Waals surface area contributed by atoms with Gasteiger partial charge in [-0.1, -0.05) is 17.7 Å². The molecule has 1 saturated carbocycles. The molecule has 8 nitrogen and oxygen atoms in total. The van der Waals surface area contributed by atoms with Gasteiger partial charge in [0.25, 0.3) is 5.56 Å². The topological polar surface area (TPSA) is 106 Å². The molecule has 1 aromatic heterocycles. The van der Waals surface area contributed by atoms with Gasteiger partial charge >= 0.3 is 6.09 Å². The number of carbonyl (C=O) groups excluding carboxylic acids is 1. The Labute approximate surface area is 166 Å². The number of halogens is 1. The third kappa shape index (κ3) is 3.72. The van der Waals surface area contributed by atoms with E-state index in [1.807, 2.05) is 0 Å². The number of ether oxygens (including phenoxy) is 3. The molecular weight excluding hydrogens is 386 g/mol. The highest BCUT2D eigenvalue weighted by Gasteiger charge is 2.45. The predicted molar refractivity (Wildman–Crippen MR) is 102 cm³/mol. The van der Waals surface area contributed by atoms with Crippen molar-refractivity contribution >= 4 is 28.6 Å². The van der Waals surface area contributed by atoms with Gasteiger partial charge < -0.3 is 19.9 Å². The summed E-state index contributed by atoms with van der Waals surface area (Å²) in [5, 5.41) is 0.659. The number of fused-ring (bicyclic) bond motifs is 1. The summed E-state index contributed by atoms with van der Waals surface area (Å²) in [5.41, 5.74) is 5.32. The van der Waals surface area contributed by atoms with E-state index in [9.17, 15) is 9.59 Å². The van der Waals surface area contributed by atoms with E-state index in [0.717, 1.165) is 19.3 Å². The van der Waals surface area contributed by atoms with Crippen LogP contribution in [0.1, 0.15) is 50.6 Å². The third-order valence-electron chi connectivity index (χ3n) is 5.06. The molecule has 2 N–H and O–H groups in total. The van der Waals surface area contributed by atoms with Crippen molar-refractivity contribution in [3.8, 4) is 0 Å². The number of aromatic nitrogens is 2. The van der Waals surface area contributed by atoms with Crippen LogP contribution in [0.4, 0.5) is 4.79 Å². The molecule has 2 heterocycles. The maximum Gasteiger partial charge on any atom is 0.405 e. The van der Waals surface area contributed by atoms with Crippen LogP contribution < -0.4 is 11.3 Å². The van der Waals surface area contributed by atoms with Gasteiger partial charge in [-0.05, 0) is 44.7 Å². The Hall–Kier alpha value is -2.16. The fourth-order valence-corrected chi connectivity index (χ4v) is 3.89. The molecule has 2 fully saturated rings. The molecular formula is C19H22ClN3O5. The van der Waals surface area contributed by atoms with Gasteiger partial charge in [0.15, 0.2) is 18.2 Å². The largest absolute Gasteiger partial charge is 0.439 e. The molecule has 0 bridgehead atoms. The quantitative estimate of drug-likeness (QED) is 0.816. The van der Waals surface area contributed by atoms with Crippen LogP contribution in [0.15, 0.2) is 23.0 Å². The summed E-state index contributed by atoms with van der Waals surface area (Å²) in [6.07, 6.45) is 1.44. The maximum atomic E-state index is 13.3. The normalized spacial score (nSPS) is 25.4. The minimum atomic E-state index is -0.932. The van der Waals surface area contributed by atoms with Crippen molar-refractivity contribution in [2.24, 2.45) is 5.73 Å². The van der Waals surface area contributed by atoms with Gasteiger partial charge in [-0.15, -0.1) is 0 Å². The number of nitrogens with two attached hydrogens (primary N) is 1. The highest BCUT2D eigenvalue weighted by molar-refractivity contribution is 6.35. The summed E-state index contributed by atoms with van der Waals surface area (Å²) in [7, 11) is 0. The molecule has 0 radical (unpaired) electrons. The van der Waals surface area contributed by atoms with Crippen molar-refractivity contribution in [3.05, 3.63) is 39.4 Å². The molecule has 1 amide bonds. The SMILES string of the molecule is C[C@H](OC(N)=O)c1nc2cccc(Cl)c2c(=O)n1C1CC1OC1CCCCO1. The lowest BCUT2D eigenvalue weighted by Crippen LogP contribution is -2.30. The van der Waals surface area contributed by atoms with E-state index in [1.54, 1.807) is 25.1 Å². The van der Waals surface area contributed by atoms with Crippen LogP contribution in [0.3, 0.4) is 0 Å². The minimum absolute atomic E-state index is 0.165. The van der Waals surface area contributed by atoms with E-state index in [0.29, 0.717) is 34.8 Å². The molecule has 1 aromatic carbocycles. The Morgan fingerprint density at radius 1 is 1.43 bits per heavy atom. The van der Waals surface area contributed by atoms with Crippen LogP contribution >= 0.6 is 11.6 Å².